The Morgan fingerprint density at radius 2 is 2.21 bits per heavy atom. The van der Waals surface area contributed by atoms with Gasteiger partial charge in [-0.05, 0) is 44.1 Å². The number of nitrogens with zero attached hydrogens (tertiary/aromatic N) is 4. The molecule has 3 aromatic heterocycles. The van der Waals surface area contributed by atoms with Gasteiger partial charge in [-0.3, -0.25) is 9.50 Å². The number of carbonyl (C=O) groups excluding carboxylic acids is 1. The van der Waals surface area contributed by atoms with E-state index in [1.165, 1.54) is 0 Å². The summed E-state index contributed by atoms with van der Waals surface area (Å²) in [6.45, 7) is 0.399. The van der Waals surface area contributed by atoms with E-state index in [0.29, 0.717) is 36.9 Å². The smallest absolute Gasteiger partial charge is 0.407 e. The molecule has 0 saturated heterocycles. The highest BCUT2D eigenvalue weighted by Gasteiger charge is 2.58. The van der Waals surface area contributed by atoms with Crippen LogP contribution in [0, 0.1) is 5.92 Å². The Balaban J connectivity index is 1.11. The minimum Gasteiger partial charge on any atom is -0.443 e. The number of ether oxygens (including phenoxy) is 2. The molecule has 0 radical (unpaired) electrons. The number of methoxy groups -OCH3 is 1. The molecule has 0 spiro atoms. The second-order valence-electron chi connectivity index (χ2n) is 9.45. The summed E-state index contributed by atoms with van der Waals surface area (Å²) in [5.41, 5.74) is 2.10. The molecule has 4 saturated carbocycles. The normalized spacial score (nSPS) is 30.0. The number of hydrogen-bond acceptors (Lipinski definition) is 7. The molecule has 2 bridgehead atoms. The highest BCUT2D eigenvalue weighted by Crippen LogP contribution is 2.57. The molecule has 3 aromatic rings. The SMILES string of the molecule is COCc1cn2c(Nc3cc([C@@H]4CC[C@H](OC(=O)NC56CC(C5)C6)[C@@H]4F)[nH]n3)nccc2n1. The van der Waals surface area contributed by atoms with E-state index in [1.807, 2.05) is 10.6 Å². The Kier molecular flexibility index (Phi) is 4.75. The van der Waals surface area contributed by atoms with E-state index in [4.69, 9.17) is 9.47 Å². The van der Waals surface area contributed by atoms with Gasteiger partial charge in [0.1, 0.15) is 17.9 Å². The van der Waals surface area contributed by atoms with Crippen LogP contribution >= 0.6 is 0 Å². The average Bonchev–Trinajstić information content (AvgIpc) is 3.44. The quantitative estimate of drug-likeness (QED) is 0.501. The maximum atomic E-state index is 15.1. The zero-order valence-electron chi connectivity index (χ0n) is 18.3. The molecule has 1 amide bonds. The van der Waals surface area contributed by atoms with E-state index in [2.05, 4.69) is 30.8 Å². The van der Waals surface area contributed by atoms with Crippen molar-refractivity contribution >= 4 is 23.5 Å². The van der Waals surface area contributed by atoms with Crippen molar-refractivity contribution < 1.29 is 18.7 Å². The van der Waals surface area contributed by atoms with Gasteiger partial charge in [0, 0.05) is 42.7 Å². The summed E-state index contributed by atoms with van der Waals surface area (Å²) in [4.78, 5) is 21.1. The maximum Gasteiger partial charge on any atom is 0.407 e. The lowest BCUT2D eigenvalue weighted by molar-refractivity contribution is -0.0532. The number of amides is 1. The van der Waals surface area contributed by atoms with Crippen molar-refractivity contribution in [3.63, 3.8) is 0 Å². The van der Waals surface area contributed by atoms with E-state index < -0.39 is 24.3 Å². The van der Waals surface area contributed by atoms with E-state index in [0.717, 1.165) is 36.5 Å². The summed E-state index contributed by atoms with van der Waals surface area (Å²) in [5, 5.41) is 13.3. The number of aromatic amines is 1. The predicted octanol–water partition coefficient (Wildman–Crippen LogP) is 3.21. The monoisotopic (exact) mass is 455 g/mol. The van der Waals surface area contributed by atoms with E-state index in [1.54, 1.807) is 25.4 Å². The first-order valence-electron chi connectivity index (χ1n) is 11.3. The van der Waals surface area contributed by atoms with Crippen molar-refractivity contribution in [1.82, 2.24) is 29.9 Å². The lowest BCUT2D eigenvalue weighted by atomic mass is 9.50. The Labute approximate surface area is 189 Å². The van der Waals surface area contributed by atoms with Crippen LogP contribution in [0.5, 0.6) is 0 Å². The Morgan fingerprint density at radius 1 is 1.36 bits per heavy atom. The fourth-order valence-electron chi connectivity index (χ4n) is 5.37. The number of carbonyl (C=O) groups is 1. The molecule has 0 unspecified atom stereocenters. The highest BCUT2D eigenvalue weighted by molar-refractivity contribution is 5.69. The maximum absolute atomic E-state index is 15.1. The van der Waals surface area contributed by atoms with Crippen molar-refractivity contribution in [3.8, 4) is 0 Å². The molecule has 7 rings (SSSR count). The third-order valence-electron chi connectivity index (χ3n) is 7.13. The van der Waals surface area contributed by atoms with Gasteiger partial charge < -0.3 is 20.1 Å². The van der Waals surface area contributed by atoms with Crippen molar-refractivity contribution in [2.75, 3.05) is 12.4 Å². The predicted molar refractivity (Wildman–Crippen MR) is 116 cm³/mol. The lowest BCUT2D eigenvalue weighted by Gasteiger charge is -2.61. The molecule has 10 nitrogen and oxygen atoms in total. The first-order chi connectivity index (χ1) is 16.0. The van der Waals surface area contributed by atoms with Crippen LogP contribution in [0.3, 0.4) is 0 Å². The summed E-state index contributed by atoms with van der Waals surface area (Å²) in [5.74, 6) is 1.40. The summed E-state index contributed by atoms with van der Waals surface area (Å²) in [6.07, 6.45) is 5.08. The number of halogens is 1. The van der Waals surface area contributed by atoms with Crippen LogP contribution in [-0.2, 0) is 16.1 Å². The zero-order chi connectivity index (χ0) is 22.6. The number of imidazole rings is 1. The van der Waals surface area contributed by atoms with Crippen molar-refractivity contribution in [2.45, 2.75) is 62.4 Å². The molecule has 33 heavy (non-hydrogen) atoms. The lowest BCUT2D eigenvalue weighted by Crippen LogP contribution is -2.68. The third kappa shape index (κ3) is 3.60. The summed E-state index contributed by atoms with van der Waals surface area (Å²) in [6, 6.07) is 3.58. The number of nitrogens with one attached hydrogen (secondary N) is 3. The van der Waals surface area contributed by atoms with Crippen LogP contribution in [0.1, 0.15) is 49.4 Å². The van der Waals surface area contributed by atoms with Gasteiger partial charge in [-0.15, -0.1) is 0 Å². The molecule has 11 heteroatoms. The number of rotatable bonds is 7. The minimum absolute atomic E-state index is 0.0774. The van der Waals surface area contributed by atoms with Crippen molar-refractivity contribution in [1.29, 1.82) is 0 Å². The molecular weight excluding hydrogens is 429 g/mol. The number of hydrogen-bond donors (Lipinski definition) is 3. The molecule has 3 heterocycles. The summed E-state index contributed by atoms with van der Waals surface area (Å²) < 4.78 is 27.5. The second kappa shape index (κ2) is 7.68. The Morgan fingerprint density at radius 3 is 2.97 bits per heavy atom. The van der Waals surface area contributed by atoms with Gasteiger partial charge in [-0.25, -0.2) is 19.2 Å². The Bertz CT molecular complexity index is 1180. The van der Waals surface area contributed by atoms with Gasteiger partial charge in [0.05, 0.1) is 12.3 Å². The van der Waals surface area contributed by atoms with Crippen molar-refractivity contribution in [3.05, 3.63) is 35.9 Å². The van der Waals surface area contributed by atoms with Crippen LogP contribution in [0.15, 0.2) is 24.5 Å². The molecular formula is C22H26FN7O3. The number of anilines is 2. The largest absolute Gasteiger partial charge is 0.443 e. The average molecular weight is 455 g/mol. The first-order valence-corrected chi connectivity index (χ1v) is 11.3. The van der Waals surface area contributed by atoms with Crippen LogP contribution in [0.25, 0.3) is 5.65 Å². The first kappa shape index (κ1) is 20.4. The molecule has 4 aliphatic rings. The van der Waals surface area contributed by atoms with Gasteiger partial charge in [0.2, 0.25) is 5.95 Å². The minimum atomic E-state index is -1.29. The molecule has 3 N–H and O–H groups in total. The number of H-pyrrole nitrogens is 1. The fraction of sp³-hybridized carbons (Fsp3) is 0.545. The molecule has 4 aliphatic carbocycles. The number of aromatic nitrogens is 5. The Hall–Kier alpha value is -3.21. The number of fused-ring (bicyclic) bond motifs is 1. The van der Waals surface area contributed by atoms with Gasteiger partial charge >= 0.3 is 6.09 Å². The number of alkyl carbamates (subject to hydrolysis) is 1. The third-order valence-corrected chi connectivity index (χ3v) is 7.13. The van der Waals surface area contributed by atoms with E-state index >= 15 is 4.39 Å². The van der Waals surface area contributed by atoms with Gasteiger partial charge in [0.25, 0.3) is 0 Å². The summed E-state index contributed by atoms with van der Waals surface area (Å²) >= 11 is 0. The van der Waals surface area contributed by atoms with Gasteiger partial charge in [-0.2, -0.15) is 5.10 Å². The van der Waals surface area contributed by atoms with Crippen LogP contribution in [0.2, 0.25) is 0 Å². The standard InChI is InChI=1S/C22H26FN7O3/c1-32-11-13-10-30-18(25-13)4-5-24-20(30)26-17-6-15(28-29-17)14-2-3-16(19(14)23)33-21(31)27-22-7-12(8-22)9-22/h4-6,10,12,14,16,19H,2-3,7-9,11H2,1H3,(H,27,31)(H2,24,26,28,29)/t12?,14-,16-,19+,22?/m0/s1. The van der Waals surface area contributed by atoms with E-state index in [9.17, 15) is 4.79 Å². The molecule has 0 aliphatic heterocycles. The molecule has 3 atom stereocenters. The molecule has 4 fully saturated rings. The highest BCUT2D eigenvalue weighted by atomic mass is 19.1. The fourth-order valence-corrected chi connectivity index (χ4v) is 5.37. The van der Waals surface area contributed by atoms with E-state index in [-0.39, 0.29) is 5.54 Å². The van der Waals surface area contributed by atoms with Crippen LogP contribution in [0.4, 0.5) is 21.0 Å². The molecule has 0 aromatic carbocycles. The topological polar surface area (TPSA) is 118 Å². The second-order valence-corrected chi connectivity index (χ2v) is 9.45. The number of alkyl halides is 1. The summed E-state index contributed by atoms with van der Waals surface area (Å²) in [7, 11) is 1.62. The molecule has 174 valence electrons. The zero-order valence-corrected chi connectivity index (χ0v) is 18.3. The van der Waals surface area contributed by atoms with Crippen LogP contribution in [-0.4, -0.2) is 55.6 Å². The van der Waals surface area contributed by atoms with Gasteiger partial charge in [0.15, 0.2) is 5.82 Å². The van der Waals surface area contributed by atoms with Crippen molar-refractivity contribution in [2.24, 2.45) is 5.92 Å². The van der Waals surface area contributed by atoms with Crippen LogP contribution < -0.4 is 10.6 Å². The van der Waals surface area contributed by atoms with Gasteiger partial charge in [-0.1, -0.05) is 0 Å².